The molecule has 2 aromatic rings. The number of anilines is 1. The summed E-state index contributed by atoms with van der Waals surface area (Å²) in [6.45, 7) is 0.856. The van der Waals surface area contributed by atoms with Crippen molar-refractivity contribution in [2.45, 2.75) is 18.9 Å². The minimum atomic E-state index is -3.38. The van der Waals surface area contributed by atoms with Crippen molar-refractivity contribution in [1.82, 2.24) is 10.2 Å². The van der Waals surface area contributed by atoms with Crippen molar-refractivity contribution < 1.29 is 28.2 Å². The lowest BCUT2D eigenvalue weighted by molar-refractivity contribution is 0.0697. The van der Waals surface area contributed by atoms with Crippen LogP contribution in [0.1, 0.15) is 33.6 Å². The zero-order chi connectivity index (χ0) is 21.9. The SMILES string of the molecule is CS(=O)(=O)Nc1ccc(C(=O)NC2CCN(C(=O)c3cc(O)cc(O)c3)CC2)cc1. The third kappa shape index (κ3) is 5.63. The fourth-order valence-corrected chi connectivity index (χ4v) is 3.86. The van der Waals surface area contributed by atoms with Gasteiger partial charge in [-0.15, -0.1) is 0 Å². The van der Waals surface area contributed by atoms with Gasteiger partial charge in [0.1, 0.15) is 11.5 Å². The van der Waals surface area contributed by atoms with Crippen LogP contribution >= 0.6 is 0 Å². The van der Waals surface area contributed by atoms with E-state index in [0.717, 1.165) is 12.3 Å². The molecule has 0 bridgehead atoms. The Morgan fingerprint density at radius 3 is 2.07 bits per heavy atom. The molecule has 2 aromatic carbocycles. The molecule has 0 spiro atoms. The molecule has 4 N–H and O–H groups in total. The lowest BCUT2D eigenvalue weighted by Gasteiger charge is -2.32. The lowest BCUT2D eigenvalue weighted by Crippen LogP contribution is -2.46. The minimum absolute atomic E-state index is 0.104. The highest BCUT2D eigenvalue weighted by molar-refractivity contribution is 7.92. The molecule has 160 valence electrons. The molecule has 0 saturated carbocycles. The van der Waals surface area contributed by atoms with Crippen LogP contribution in [0.15, 0.2) is 42.5 Å². The van der Waals surface area contributed by atoms with Gasteiger partial charge in [-0.2, -0.15) is 0 Å². The number of carbonyl (C=O) groups is 2. The molecule has 1 aliphatic rings. The molecule has 0 unspecified atom stereocenters. The van der Waals surface area contributed by atoms with Gasteiger partial charge in [0.25, 0.3) is 11.8 Å². The second-order valence-electron chi connectivity index (χ2n) is 7.23. The topological polar surface area (TPSA) is 136 Å². The fourth-order valence-electron chi connectivity index (χ4n) is 3.30. The Bertz CT molecular complexity index is 1020. The normalized spacial score (nSPS) is 14.9. The third-order valence-electron chi connectivity index (χ3n) is 4.72. The van der Waals surface area contributed by atoms with E-state index in [-0.39, 0.29) is 34.9 Å². The molecule has 1 aliphatic heterocycles. The van der Waals surface area contributed by atoms with E-state index in [1.165, 1.54) is 36.4 Å². The van der Waals surface area contributed by atoms with Crippen molar-refractivity contribution in [2.24, 2.45) is 0 Å². The summed E-state index contributed by atoms with van der Waals surface area (Å²) in [5, 5.41) is 22.0. The molecule has 10 heteroatoms. The summed E-state index contributed by atoms with van der Waals surface area (Å²) in [4.78, 5) is 26.6. The Labute approximate surface area is 174 Å². The molecular formula is C20H23N3O6S. The number of aromatic hydroxyl groups is 2. The van der Waals surface area contributed by atoms with E-state index in [2.05, 4.69) is 10.0 Å². The molecule has 1 heterocycles. The van der Waals surface area contributed by atoms with Crippen molar-refractivity contribution >= 4 is 27.5 Å². The summed E-state index contributed by atoms with van der Waals surface area (Å²) < 4.78 is 24.8. The van der Waals surface area contributed by atoms with Gasteiger partial charge in [0.05, 0.1) is 6.26 Å². The highest BCUT2D eigenvalue weighted by Gasteiger charge is 2.25. The lowest BCUT2D eigenvalue weighted by atomic mass is 10.0. The van der Waals surface area contributed by atoms with E-state index in [4.69, 9.17) is 0 Å². The van der Waals surface area contributed by atoms with E-state index in [9.17, 15) is 28.2 Å². The number of phenols is 2. The Morgan fingerprint density at radius 2 is 1.53 bits per heavy atom. The van der Waals surface area contributed by atoms with Gasteiger partial charge in [0.2, 0.25) is 10.0 Å². The largest absolute Gasteiger partial charge is 0.508 e. The maximum atomic E-state index is 12.6. The maximum Gasteiger partial charge on any atom is 0.254 e. The first-order valence-electron chi connectivity index (χ1n) is 9.32. The predicted molar refractivity (Wildman–Crippen MR) is 111 cm³/mol. The number of benzene rings is 2. The molecule has 0 radical (unpaired) electrons. The smallest absolute Gasteiger partial charge is 0.254 e. The molecule has 1 saturated heterocycles. The first-order valence-corrected chi connectivity index (χ1v) is 11.2. The molecule has 0 aromatic heterocycles. The molecule has 1 fully saturated rings. The molecule has 3 rings (SSSR count). The zero-order valence-electron chi connectivity index (χ0n) is 16.3. The van der Waals surface area contributed by atoms with Gasteiger partial charge < -0.3 is 20.4 Å². The third-order valence-corrected chi connectivity index (χ3v) is 5.32. The predicted octanol–water partition coefficient (Wildman–Crippen LogP) is 1.50. The van der Waals surface area contributed by atoms with Crippen molar-refractivity contribution in [3.63, 3.8) is 0 Å². The number of sulfonamides is 1. The van der Waals surface area contributed by atoms with Crippen LogP contribution in [-0.2, 0) is 10.0 Å². The van der Waals surface area contributed by atoms with Crippen molar-refractivity contribution in [3.05, 3.63) is 53.6 Å². The molecule has 2 amide bonds. The first kappa shape index (κ1) is 21.4. The number of hydrogen-bond donors (Lipinski definition) is 4. The van der Waals surface area contributed by atoms with Crippen LogP contribution in [0.4, 0.5) is 5.69 Å². The number of likely N-dealkylation sites (tertiary alicyclic amines) is 1. The first-order chi connectivity index (χ1) is 14.1. The van der Waals surface area contributed by atoms with Crippen LogP contribution in [0, 0.1) is 0 Å². The Hall–Kier alpha value is -3.27. The number of rotatable bonds is 5. The molecule has 0 aliphatic carbocycles. The van der Waals surface area contributed by atoms with Gasteiger partial charge in [0, 0.05) is 42.0 Å². The number of amides is 2. The number of carbonyl (C=O) groups excluding carboxylic acids is 2. The second-order valence-corrected chi connectivity index (χ2v) is 8.98. The van der Waals surface area contributed by atoms with Crippen LogP contribution in [0.5, 0.6) is 11.5 Å². The summed E-state index contributed by atoms with van der Waals surface area (Å²) in [7, 11) is -3.38. The standard InChI is InChI=1S/C20H23N3O6S/c1-30(28,29)22-16-4-2-13(3-5-16)19(26)21-15-6-8-23(9-7-15)20(27)14-10-17(24)12-18(25)11-14/h2-5,10-12,15,22,24-25H,6-9H2,1H3,(H,21,26). The van der Waals surface area contributed by atoms with E-state index in [0.29, 0.717) is 37.2 Å². The Balaban J connectivity index is 1.54. The van der Waals surface area contributed by atoms with Crippen molar-refractivity contribution in [1.29, 1.82) is 0 Å². The van der Waals surface area contributed by atoms with E-state index >= 15 is 0 Å². The zero-order valence-corrected chi connectivity index (χ0v) is 17.1. The molecule has 0 atom stereocenters. The van der Waals surface area contributed by atoms with Crippen LogP contribution in [-0.4, -0.2) is 60.7 Å². The summed E-state index contributed by atoms with van der Waals surface area (Å²) in [5.41, 5.74) is 0.986. The highest BCUT2D eigenvalue weighted by atomic mass is 32.2. The van der Waals surface area contributed by atoms with E-state index < -0.39 is 10.0 Å². The highest BCUT2D eigenvalue weighted by Crippen LogP contribution is 2.23. The van der Waals surface area contributed by atoms with E-state index in [1.54, 1.807) is 4.90 Å². The van der Waals surface area contributed by atoms with Crippen LogP contribution in [0.25, 0.3) is 0 Å². The van der Waals surface area contributed by atoms with Gasteiger partial charge >= 0.3 is 0 Å². The fraction of sp³-hybridized carbons (Fsp3) is 0.300. The number of piperidine rings is 1. The maximum absolute atomic E-state index is 12.6. The number of phenolic OH excluding ortho intramolecular Hbond substituents is 2. The summed E-state index contributed by atoms with van der Waals surface area (Å²) >= 11 is 0. The van der Waals surface area contributed by atoms with Gasteiger partial charge in [-0.05, 0) is 49.2 Å². The second kappa shape index (κ2) is 8.62. The quantitative estimate of drug-likeness (QED) is 0.564. The summed E-state index contributed by atoms with van der Waals surface area (Å²) in [6, 6.07) is 9.77. The number of nitrogens with one attached hydrogen (secondary N) is 2. The average Bonchev–Trinajstić information content (AvgIpc) is 2.66. The summed E-state index contributed by atoms with van der Waals surface area (Å²) in [6.07, 6.45) is 2.18. The van der Waals surface area contributed by atoms with Gasteiger partial charge in [-0.3, -0.25) is 14.3 Å². The molecule has 30 heavy (non-hydrogen) atoms. The van der Waals surface area contributed by atoms with Gasteiger partial charge in [-0.25, -0.2) is 8.42 Å². The van der Waals surface area contributed by atoms with Crippen LogP contribution < -0.4 is 10.0 Å². The van der Waals surface area contributed by atoms with Crippen molar-refractivity contribution in [3.8, 4) is 11.5 Å². The monoisotopic (exact) mass is 433 g/mol. The minimum Gasteiger partial charge on any atom is -0.508 e. The van der Waals surface area contributed by atoms with Crippen molar-refractivity contribution in [2.75, 3.05) is 24.1 Å². The van der Waals surface area contributed by atoms with Gasteiger partial charge in [0.15, 0.2) is 0 Å². The Kier molecular flexibility index (Phi) is 6.16. The average molecular weight is 433 g/mol. The van der Waals surface area contributed by atoms with E-state index in [1.807, 2.05) is 0 Å². The Morgan fingerprint density at radius 1 is 0.967 bits per heavy atom. The van der Waals surface area contributed by atoms with Gasteiger partial charge in [-0.1, -0.05) is 0 Å². The van der Waals surface area contributed by atoms with Crippen LogP contribution in [0.2, 0.25) is 0 Å². The molecular weight excluding hydrogens is 410 g/mol. The molecule has 9 nitrogen and oxygen atoms in total. The number of hydrogen-bond acceptors (Lipinski definition) is 6. The summed E-state index contributed by atoms with van der Waals surface area (Å²) in [5.74, 6) is -0.931. The van der Waals surface area contributed by atoms with Crippen LogP contribution in [0.3, 0.4) is 0 Å². The number of nitrogens with zero attached hydrogens (tertiary/aromatic N) is 1.